The fraction of sp³-hybridized carbons (Fsp3) is 0.650. The smallest absolute Gasteiger partial charge is 0.382 e. The molecule has 246 valence electrons. The third kappa shape index (κ3) is 5.64. The second-order valence-corrected chi connectivity index (χ2v) is 14.7. The van der Waals surface area contributed by atoms with Crippen molar-refractivity contribution in [3.63, 3.8) is 0 Å². The molecule has 1 amide bonds. The van der Waals surface area contributed by atoms with Crippen LogP contribution in [0.15, 0.2) is 17.6 Å². The first-order valence-electron chi connectivity index (χ1n) is 13.3. The average Bonchev–Trinajstić information content (AvgIpc) is 3.72. The number of nitrogens with zero attached hydrogens (tertiary/aromatic N) is 6. The molecule has 5 aliphatic heterocycles. The number of nitrogens with one attached hydrogen (secondary N) is 2. The van der Waals surface area contributed by atoms with E-state index in [1.54, 1.807) is 0 Å². The number of fused-ring (bicyclic) bond motifs is 5. The van der Waals surface area contributed by atoms with Crippen LogP contribution in [-0.2, 0) is 48.7 Å². The molecular formula is C20H26F2N10O10P2S. The maximum absolute atomic E-state index is 15.9. The molecule has 7 rings (SSSR count). The molecule has 2 bridgehead atoms. The first kappa shape index (κ1) is 31.2. The van der Waals surface area contributed by atoms with E-state index >= 15 is 8.78 Å². The largest absolute Gasteiger partial charge is 0.472 e. The van der Waals surface area contributed by atoms with Crippen LogP contribution in [0.3, 0.4) is 0 Å². The summed E-state index contributed by atoms with van der Waals surface area (Å²) in [5.41, 5.74) is 11.9. The number of imidazole rings is 1. The number of anilines is 1. The Hall–Kier alpha value is -2.37. The maximum Gasteiger partial charge on any atom is 0.472 e. The lowest BCUT2D eigenvalue weighted by molar-refractivity contribution is -0.130. The average molecular weight is 698 g/mol. The number of aromatic nitrogens is 4. The Kier molecular flexibility index (Phi) is 7.92. The predicted molar refractivity (Wildman–Crippen MR) is 147 cm³/mol. The minimum Gasteiger partial charge on any atom is -0.382 e. The SMILES string of the molecule is Nc1ncnc2c1ncn2[C@@H]1O[C@@H]2COP(O)(=S)O[C@@H]3[C@H](F)[C@@H](COP(=O)(O)O[C@H]2[C@@H]1F)O[C@H]3N1C=NC2C(=O)NC(N)NC21. The summed E-state index contributed by atoms with van der Waals surface area (Å²) in [5, 5.41) is 5.34. The molecule has 0 aromatic carbocycles. The van der Waals surface area contributed by atoms with Gasteiger partial charge in [0.25, 0.3) is 5.91 Å². The van der Waals surface area contributed by atoms with E-state index in [2.05, 4.69) is 30.6 Å². The standard InChI is InChI=1S/C20H26F2N10O10P2S/c21-8-6-1-37-43(34,35)41-12-7(40-18(9(12)22)31-4-27-10-14(23)25-3-26-15(10)31)2-38-44(36,45)42-13(8)19(39-6)32-5-28-11-16(32)29-20(24)30-17(11)33/h3-9,11-13,16,18-20,29H,1-2,24H2,(H,30,33)(H,34,35)(H,36,45)(H2,23,25,26)/t6-,7-,8-,9+,11?,12-,13-,16?,18-,19-,20?,44?/m1/s1. The van der Waals surface area contributed by atoms with Crippen LogP contribution in [0.5, 0.6) is 0 Å². The number of halogens is 2. The molecule has 2 aromatic rings. The zero-order valence-electron chi connectivity index (χ0n) is 22.6. The molecule has 20 nitrogen and oxygen atoms in total. The maximum atomic E-state index is 15.9. The number of ether oxygens (including phenoxy) is 2. The van der Waals surface area contributed by atoms with E-state index in [1.807, 2.05) is 0 Å². The van der Waals surface area contributed by atoms with Crippen LogP contribution in [0.25, 0.3) is 11.2 Å². The number of phosphoric ester groups is 1. The number of nitrogen functional groups attached to an aromatic ring is 1. The summed E-state index contributed by atoms with van der Waals surface area (Å²) in [7, 11) is -5.13. The summed E-state index contributed by atoms with van der Waals surface area (Å²) in [5.74, 6) is -0.494. The van der Waals surface area contributed by atoms with E-state index in [4.69, 9.17) is 50.8 Å². The van der Waals surface area contributed by atoms with Gasteiger partial charge in [-0.15, -0.1) is 0 Å². The van der Waals surface area contributed by atoms with Crippen LogP contribution >= 0.6 is 14.5 Å². The van der Waals surface area contributed by atoms with E-state index in [0.29, 0.717) is 0 Å². The number of carbonyl (C=O) groups excluding carboxylic acids is 1. The molecule has 45 heavy (non-hydrogen) atoms. The van der Waals surface area contributed by atoms with Gasteiger partial charge in [0.2, 0.25) is 0 Å². The molecule has 2 aromatic heterocycles. The molecule has 25 heteroatoms. The summed E-state index contributed by atoms with van der Waals surface area (Å²) in [6, 6.07) is -0.985. The number of hydrogen-bond acceptors (Lipinski definition) is 17. The van der Waals surface area contributed by atoms with Crippen molar-refractivity contribution in [2.75, 3.05) is 18.9 Å². The quantitative estimate of drug-likeness (QED) is 0.182. The summed E-state index contributed by atoms with van der Waals surface area (Å²) in [6.45, 7) is -5.98. The van der Waals surface area contributed by atoms with Gasteiger partial charge in [0.15, 0.2) is 42.3 Å². The molecule has 5 aliphatic rings. The number of nitrogens with two attached hydrogens (primary N) is 2. The Morgan fingerprint density at radius 1 is 1.04 bits per heavy atom. The van der Waals surface area contributed by atoms with Crippen LogP contribution in [0, 0.1) is 0 Å². The lowest BCUT2D eigenvalue weighted by atomic mass is 10.1. The Balaban J connectivity index is 1.16. The van der Waals surface area contributed by atoms with Gasteiger partial charge in [0, 0.05) is 0 Å². The van der Waals surface area contributed by atoms with Gasteiger partial charge in [-0.3, -0.25) is 39.0 Å². The molecule has 7 heterocycles. The van der Waals surface area contributed by atoms with Gasteiger partial charge >= 0.3 is 14.5 Å². The number of phosphoric acid groups is 1. The Morgan fingerprint density at radius 3 is 2.60 bits per heavy atom. The number of carbonyl (C=O) groups is 1. The summed E-state index contributed by atoms with van der Waals surface area (Å²) < 4.78 is 78.7. The van der Waals surface area contributed by atoms with Crippen molar-refractivity contribution in [1.82, 2.24) is 35.1 Å². The first-order chi connectivity index (χ1) is 21.3. The van der Waals surface area contributed by atoms with Crippen molar-refractivity contribution < 1.29 is 55.5 Å². The topological polar surface area (TPSA) is 265 Å². The Bertz CT molecular complexity index is 1630. The van der Waals surface area contributed by atoms with Gasteiger partial charge in [-0.2, -0.15) is 0 Å². The molecule has 0 spiro atoms. The second-order valence-electron chi connectivity index (χ2n) is 10.5. The number of alkyl halides is 2. The lowest BCUT2D eigenvalue weighted by Crippen LogP contribution is -2.70. The molecule has 0 radical (unpaired) electrons. The molecule has 13 atom stereocenters. The van der Waals surface area contributed by atoms with Gasteiger partial charge in [-0.1, -0.05) is 0 Å². The summed E-state index contributed by atoms with van der Waals surface area (Å²) in [4.78, 5) is 51.3. The first-order valence-corrected chi connectivity index (χ1v) is 17.4. The third-order valence-electron chi connectivity index (χ3n) is 7.70. The van der Waals surface area contributed by atoms with Crippen LogP contribution in [-0.4, -0.2) is 121 Å². The minimum absolute atomic E-state index is 0.0168. The van der Waals surface area contributed by atoms with Gasteiger partial charge in [-0.05, 0) is 11.8 Å². The highest BCUT2D eigenvalue weighted by molar-refractivity contribution is 8.07. The van der Waals surface area contributed by atoms with E-state index in [1.165, 1.54) is 22.1 Å². The van der Waals surface area contributed by atoms with Gasteiger partial charge < -0.3 is 39.7 Å². The highest BCUT2D eigenvalue weighted by Crippen LogP contribution is 2.53. The fourth-order valence-electron chi connectivity index (χ4n) is 5.66. The van der Waals surface area contributed by atoms with E-state index in [-0.39, 0.29) is 17.0 Å². The van der Waals surface area contributed by atoms with E-state index in [9.17, 15) is 19.1 Å². The zero-order valence-corrected chi connectivity index (χ0v) is 25.2. The number of aliphatic imine (C=N–C) groups is 1. The number of hydrogen-bond donors (Lipinski definition) is 6. The molecule has 4 saturated heterocycles. The van der Waals surface area contributed by atoms with Crippen LogP contribution in [0.2, 0.25) is 0 Å². The molecule has 4 fully saturated rings. The lowest BCUT2D eigenvalue weighted by Gasteiger charge is -2.39. The van der Waals surface area contributed by atoms with Gasteiger partial charge in [0.1, 0.15) is 48.7 Å². The molecule has 8 N–H and O–H groups in total. The second kappa shape index (κ2) is 11.4. The van der Waals surface area contributed by atoms with E-state index < -0.39 is 101 Å². The van der Waals surface area contributed by atoms with Crippen molar-refractivity contribution in [3.8, 4) is 0 Å². The van der Waals surface area contributed by atoms with Crippen molar-refractivity contribution in [3.05, 3.63) is 12.7 Å². The van der Waals surface area contributed by atoms with Crippen molar-refractivity contribution in [2.45, 2.75) is 67.7 Å². The fourth-order valence-corrected chi connectivity index (χ4v) is 8.02. The normalized spacial score (nSPS) is 45.4. The minimum atomic E-state index is -5.13. The highest BCUT2D eigenvalue weighted by atomic mass is 32.5. The summed E-state index contributed by atoms with van der Waals surface area (Å²) in [6.07, 6.45) is -12.2. The van der Waals surface area contributed by atoms with E-state index in [0.717, 1.165) is 6.33 Å². The predicted octanol–water partition coefficient (Wildman–Crippen LogP) is -2.16. The Morgan fingerprint density at radius 2 is 1.80 bits per heavy atom. The molecule has 5 unspecified atom stereocenters. The van der Waals surface area contributed by atoms with Crippen LogP contribution < -0.4 is 22.1 Å². The van der Waals surface area contributed by atoms with Crippen LogP contribution in [0.4, 0.5) is 14.6 Å². The van der Waals surface area contributed by atoms with Crippen LogP contribution in [0.1, 0.15) is 6.23 Å². The molecule has 0 aliphatic carbocycles. The molecular weight excluding hydrogens is 672 g/mol. The van der Waals surface area contributed by atoms with Crippen molar-refractivity contribution >= 4 is 55.6 Å². The Labute approximate surface area is 256 Å². The molecule has 0 saturated carbocycles. The highest BCUT2D eigenvalue weighted by Gasteiger charge is 2.57. The van der Waals surface area contributed by atoms with Gasteiger partial charge in [0.05, 0.1) is 25.9 Å². The van der Waals surface area contributed by atoms with Gasteiger partial charge in [-0.25, -0.2) is 28.3 Å². The number of rotatable bonds is 2. The third-order valence-corrected chi connectivity index (χ3v) is 10.2. The monoisotopic (exact) mass is 698 g/mol. The summed E-state index contributed by atoms with van der Waals surface area (Å²) >= 11 is 5.15. The zero-order chi connectivity index (χ0) is 31.8. The number of amides is 1. The van der Waals surface area contributed by atoms with Crippen molar-refractivity contribution in [1.29, 1.82) is 0 Å². The van der Waals surface area contributed by atoms with Crippen molar-refractivity contribution in [2.24, 2.45) is 10.7 Å².